The predicted molar refractivity (Wildman–Crippen MR) is 144 cm³/mol. The van der Waals surface area contributed by atoms with Crippen molar-refractivity contribution in [3.05, 3.63) is 111 Å². The van der Waals surface area contributed by atoms with E-state index in [0.717, 1.165) is 18.3 Å². The molecule has 0 radical (unpaired) electrons. The molecular formula is C31H33BO. The Balaban J connectivity index is 1.78. The van der Waals surface area contributed by atoms with E-state index in [2.05, 4.69) is 84.0 Å². The molecule has 0 spiro atoms. The van der Waals surface area contributed by atoms with Gasteiger partial charge in [-0.2, -0.15) is 0 Å². The summed E-state index contributed by atoms with van der Waals surface area (Å²) in [6.45, 7) is 13.8. The second kappa shape index (κ2) is 9.39. The molecule has 33 heavy (non-hydrogen) atoms. The van der Waals surface area contributed by atoms with Crippen molar-refractivity contribution >= 4 is 29.5 Å². The zero-order valence-electron chi connectivity index (χ0n) is 20.7. The van der Waals surface area contributed by atoms with Crippen LogP contribution in [0.4, 0.5) is 0 Å². The smallest absolute Gasteiger partial charge is 0.217 e. The lowest BCUT2D eigenvalue weighted by molar-refractivity contribution is 0.112. The fourth-order valence-corrected chi connectivity index (χ4v) is 5.79. The van der Waals surface area contributed by atoms with Gasteiger partial charge >= 0.3 is 0 Å². The van der Waals surface area contributed by atoms with E-state index < -0.39 is 0 Å². The average Bonchev–Trinajstić information content (AvgIpc) is 2.77. The molecule has 4 rings (SSSR count). The van der Waals surface area contributed by atoms with Crippen LogP contribution in [0, 0.1) is 41.5 Å². The maximum Gasteiger partial charge on any atom is 0.217 e. The molecule has 0 fully saturated rings. The largest absolute Gasteiger partial charge is 0.298 e. The molecule has 0 amide bonds. The minimum absolute atomic E-state index is 0.317. The Bertz CT molecular complexity index is 1160. The molecule has 0 aliphatic heterocycles. The zero-order chi connectivity index (χ0) is 23.7. The van der Waals surface area contributed by atoms with Gasteiger partial charge < -0.3 is 0 Å². The molecule has 3 aromatic carbocycles. The van der Waals surface area contributed by atoms with Crippen molar-refractivity contribution in [3.63, 3.8) is 0 Å². The number of rotatable bonds is 5. The van der Waals surface area contributed by atoms with Crippen LogP contribution >= 0.6 is 0 Å². The van der Waals surface area contributed by atoms with Crippen LogP contribution in [0.2, 0.25) is 5.82 Å². The van der Waals surface area contributed by atoms with Gasteiger partial charge in [-0.05, 0) is 64.9 Å². The van der Waals surface area contributed by atoms with Gasteiger partial charge in [-0.25, -0.2) is 0 Å². The number of aldehydes is 1. The standard InChI is InChI=1S/C31H33BO/c1-20-15-22(3)30(23(4)16-20)32(31-24(5)17-21(2)18-25(31)6)29-13-11-28(12-14-29)27-9-7-26(19-33)8-10-27/h7-13,15-19,29H,14H2,1-6H3. The fourth-order valence-electron chi connectivity index (χ4n) is 5.79. The van der Waals surface area contributed by atoms with Crippen LogP contribution < -0.4 is 10.9 Å². The normalized spacial score (nSPS) is 15.3. The van der Waals surface area contributed by atoms with E-state index in [-0.39, 0.29) is 0 Å². The Morgan fingerprint density at radius 3 is 1.64 bits per heavy atom. The summed E-state index contributed by atoms with van der Waals surface area (Å²) in [6.07, 6.45) is 8.94. The summed E-state index contributed by atoms with van der Waals surface area (Å²) < 4.78 is 0. The molecule has 1 atom stereocenters. The van der Waals surface area contributed by atoms with Gasteiger partial charge in [0.2, 0.25) is 6.71 Å². The van der Waals surface area contributed by atoms with Gasteiger partial charge in [-0.3, -0.25) is 4.79 Å². The highest BCUT2D eigenvalue weighted by molar-refractivity contribution is 6.88. The molecule has 0 saturated carbocycles. The maximum absolute atomic E-state index is 11.0. The van der Waals surface area contributed by atoms with Gasteiger partial charge in [0.25, 0.3) is 0 Å². The maximum atomic E-state index is 11.0. The molecule has 1 aliphatic carbocycles. The van der Waals surface area contributed by atoms with Gasteiger partial charge in [0.1, 0.15) is 6.29 Å². The summed E-state index contributed by atoms with van der Waals surface area (Å²) in [6, 6.07) is 17.2. The van der Waals surface area contributed by atoms with E-state index >= 15 is 0 Å². The van der Waals surface area contributed by atoms with E-state index in [1.54, 1.807) is 0 Å². The Hall–Kier alpha value is -3.13. The van der Waals surface area contributed by atoms with Crippen molar-refractivity contribution in [3.8, 4) is 0 Å². The number of hydrogen-bond acceptors (Lipinski definition) is 1. The predicted octanol–water partition coefficient (Wildman–Crippen LogP) is 6.37. The van der Waals surface area contributed by atoms with Crippen molar-refractivity contribution in [2.75, 3.05) is 0 Å². The van der Waals surface area contributed by atoms with Crippen molar-refractivity contribution in [1.29, 1.82) is 0 Å². The number of carbonyl (C=O) groups is 1. The molecule has 0 aromatic heterocycles. The summed E-state index contributed by atoms with van der Waals surface area (Å²) in [5.41, 5.74) is 14.2. The Morgan fingerprint density at radius 1 is 0.758 bits per heavy atom. The lowest BCUT2D eigenvalue weighted by Gasteiger charge is -2.30. The second-order valence-corrected chi connectivity index (χ2v) is 9.76. The van der Waals surface area contributed by atoms with Crippen LogP contribution in [0.5, 0.6) is 0 Å². The van der Waals surface area contributed by atoms with Crippen LogP contribution in [0.25, 0.3) is 5.57 Å². The molecule has 166 valence electrons. The first kappa shape index (κ1) is 23.0. The summed E-state index contributed by atoms with van der Waals surface area (Å²) >= 11 is 0. The minimum atomic E-state index is 0.317. The van der Waals surface area contributed by atoms with Gasteiger partial charge in [-0.1, -0.05) is 111 Å². The third kappa shape index (κ3) is 4.66. The summed E-state index contributed by atoms with van der Waals surface area (Å²) in [5, 5.41) is 0. The average molecular weight is 432 g/mol. The molecule has 0 saturated heterocycles. The molecular weight excluding hydrogens is 399 g/mol. The lowest BCUT2D eigenvalue weighted by Crippen LogP contribution is -2.50. The zero-order valence-corrected chi connectivity index (χ0v) is 20.7. The van der Waals surface area contributed by atoms with Crippen molar-refractivity contribution in [2.24, 2.45) is 0 Å². The van der Waals surface area contributed by atoms with Crippen LogP contribution in [0.3, 0.4) is 0 Å². The topological polar surface area (TPSA) is 17.1 Å². The van der Waals surface area contributed by atoms with Crippen LogP contribution in [-0.4, -0.2) is 13.0 Å². The molecule has 1 unspecified atom stereocenters. The van der Waals surface area contributed by atoms with Gasteiger partial charge in [0.15, 0.2) is 0 Å². The van der Waals surface area contributed by atoms with Crippen molar-refractivity contribution < 1.29 is 4.79 Å². The Kier molecular flexibility index (Phi) is 6.56. The monoisotopic (exact) mass is 432 g/mol. The highest BCUT2D eigenvalue weighted by atomic mass is 16.1. The number of aryl methyl sites for hydroxylation is 6. The van der Waals surface area contributed by atoms with Crippen molar-refractivity contribution in [1.82, 2.24) is 0 Å². The van der Waals surface area contributed by atoms with E-state index in [4.69, 9.17) is 0 Å². The quantitative estimate of drug-likeness (QED) is 0.338. The molecule has 0 heterocycles. The summed E-state index contributed by atoms with van der Waals surface area (Å²) in [5.74, 6) is 0.392. The Labute approximate surface area is 199 Å². The van der Waals surface area contributed by atoms with Crippen LogP contribution in [0.1, 0.15) is 55.7 Å². The van der Waals surface area contributed by atoms with E-state index in [1.165, 1.54) is 49.9 Å². The van der Waals surface area contributed by atoms with Gasteiger partial charge in [0.05, 0.1) is 0 Å². The molecule has 0 bridgehead atoms. The summed E-state index contributed by atoms with van der Waals surface area (Å²) in [4.78, 5) is 11.0. The minimum Gasteiger partial charge on any atom is -0.298 e. The molecule has 1 nitrogen and oxygen atoms in total. The third-order valence-corrected chi connectivity index (χ3v) is 7.04. The third-order valence-electron chi connectivity index (χ3n) is 7.04. The van der Waals surface area contributed by atoms with Gasteiger partial charge in [0, 0.05) is 5.56 Å². The SMILES string of the molecule is Cc1cc(C)c(B(c2c(C)cc(C)cc2C)C2C=CC(c3ccc(C=O)cc3)=CC2)c(C)c1. The van der Waals surface area contributed by atoms with Gasteiger partial charge in [-0.15, -0.1) is 0 Å². The highest BCUT2D eigenvalue weighted by Gasteiger charge is 2.33. The van der Waals surface area contributed by atoms with Crippen LogP contribution in [0.15, 0.2) is 66.8 Å². The lowest BCUT2D eigenvalue weighted by atomic mass is 9.30. The highest BCUT2D eigenvalue weighted by Crippen LogP contribution is 2.31. The first-order valence-electron chi connectivity index (χ1n) is 11.9. The second-order valence-electron chi connectivity index (χ2n) is 9.76. The van der Waals surface area contributed by atoms with Crippen LogP contribution in [-0.2, 0) is 0 Å². The molecule has 1 aliphatic rings. The Morgan fingerprint density at radius 2 is 1.24 bits per heavy atom. The number of allylic oxidation sites excluding steroid dienone is 4. The first-order valence-corrected chi connectivity index (χ1v) is 11.9. The number of carbonyl (C=O) groups excluding carboxylic acids is 1. The van der Waals surface area contributed by atoms with E-state index in [9.17, 15) is 4.79 Å². The molecule has 3 aromatic rings. The van der Waals surface area contributed by atoms with E-state index in [0.29, 0.717) is 18.1 Å². The van der Waals surface area contributed by atoms with E-state index in [1.807, 2.05) is 24.3 Å². The summed E-state index contributed by atoms with van der Waals surface area (Å²) in [7, 11) is 0. The number of hydrogen-bond donors (Lipinski definition) is 0. The fraction of sp³-hybridized carbons (Fsp3) is 0.258. The number of benzene rings is 3. The molecule has 2 heteroatoms. The first-order chi connectivity index (χ1) is 15.8. The van der Waals surface area contributed by atoms with Crippen molar-refractivity contribution in [2.45, 2.75) is 53.8 Å². The molecule has 0 N–H and O–H groups in total.